The molecule has 0 unspecified atom stereocenters. The van der Waals surface area contributed by atoms with Gasteiger partial charge < -0.3 is 5.11 Å². The number of hydrogen-bond donors (Lipinski definition) is 1. The van der Waals surface area contributed by atoms with Gasteiger partial charge in [0.1, 0.15) is 12.6 Å². The number of fused-ring (bicyclic) bond motifs is 1. The fourth-order valence-electron chi connectivity index (χ4n) is 3.52. The standard InChI is InChI=1S/C21H22BrN3O3/c1-3-13(4-2)19-21(28)25(12-18(26)27)17-9-8-14(22)11-15(17)20(24-19)16-7-5-6-10-23-16/h5-11,13,19H,3-4,12H2,1-2H3,(H,26,27)/t19-/m0/s1. The molecule has 6 nitrogen and oxygen atoms in total. The molecular formula is C21H22BrN3O3. The molecule has 1 N–H and O–H groups in total. The molecule has 146 valence electrons. The second-order valence-electron chi connectivity index (χ2n) is 6.69. The first-order valence-corrected chi connectivity index (χ1v) is 10.1. The van der Waals surface area contributed by atoms with Crippen molar-refractivity contribution in [2.24, 2.45) is 10.9 Å². The van der Waals surface area contributed by atoms with E-state index in [0.29, 0.717) is 22.7 Å². The number of nitrogens with zero attached hydrogens (tertiary/aromatic N) is 3. The molecule has 0 bridgehead atoms. The number of rotatable bonds is 6. The predicted molar refractivity (Wildman–Crippen MR) is 112 cm³/mol. The second kappa shape index (κ2) is 8.65. The van der Waals surface area contributed by atoms with Crippen LogP contribution in [0.1, 0.15) is 37.9 Å². The van der Waals surface area contributed by atoms with Crippen molar-refractivity contribution in [1.29, 1.82) is 0 Å². The number of anilines is 1. The molecule has 1 aromatic heterocycles. The van der Waals surface area contributed by atoms with E-state index in [4.69, 9.17) is 4.99 Å². The first kappa shape index (κ1) is 20.2. The summed E-state index contributed by atoms with van der Waals surface area (Å²) in [5.41, 5.74) is 2.49. The summed E-state index contributed by atoms with van der Waals surface area (Å²) in [5.74, 6) is -1.34. The number of carboxylic acid groups (broad SMARTS) is 1. The maximum atomic E-state index is 13.4. The van der Waals surface area contributed by atoms with Crippen LogP contribution in [0.3, 0.4) is 0 Å². The molecule has 7 heteroatoms. The zero-order chi connectivity index (χ0) is 20.3. The highest BCUT2D eigenvalue weighted by Crippen LogP contribution is 2.33. The van der Waals surface area contributed by atoms with Crippen molar-refractivity contribution < 1.29 is 14.7 Å². The van der Waals surface area contributed by atoms with Gasteiger partial charge in [0.05, 0.1) is 17.1 Å². The van der Waals surface area contributed by atoms with Crippen molar-refractivity contribution in [3.63, 3.8) is 0 Å². The van der Waals surface area contributed by atoms with Crippen LogP contribution in [0.2, 0.25) is 0 Å². The van der Waals surface area contributed by atoms with Crippen LogP contribution >= 0.6 is 15.9 Å². The van der Waals surface area contributed by atoms with Crippen molar-refractivity contribution in [3.8, 4) is 0 Å². The number of aliphatic carboxylic acids is 1. The maximum absolute atomic E-state index is 13.4. The van der Waals surface area contributed by atoms with E-state index in [1.165, 1.54) is 4.90 Å². The highest BCUT2D eigenvalue weighted by molar-refractivity contribution is 9.10. The van der Waals surface area contributed by atoms with Gasteiger partial charge in [-0.3, -0.25) is 24.5 Å². The number of carbonyl (C=O) groups excluding carboxylic acids is 1. The van der Waals surface area contributed by atoms with E-state index in [9.17, 15) is 14.7 Å². The molecule has 0 saturated carbocycles. The summed E-state index contributed by atoms with van der Waals surface area (Å²) in [7, 11) is 0. The SMILES string of the molecule is CCC(CC)[C@@H]1N=C(c2ccccn2)c2cc(Br)ccc2N(CC(=O)O)C1=O. The maximum Gasteiger partial charge on any atom is 0.323 e. The number of aromatic nitrogens is 1. The van der Waals surface area contributed by atoms with Crippen LogP contribution in [0.25, 0.3) is 0 Å². The van der Waals surface area contributed by atoms with Gasteiger partial charge in [0, 0.05) is 16.2 Å². The van der Waals surface area contributed by atoms with Crippen LogP contribution < -0.4 is 4.90 Å². The van der Waals surface area contributed by atoms with Crippen molar-refractivity contribution in [2.45, 2.75) is 32.7 Å². The largest absolute Gasteiger partial charge is 0.480 e. The summed E-state index contributed by atoms with van der Waals surface area (Å²) in [6, 6.07) is 10.3. The van der Waals surface area contributed by atoms with E-state index in [0.717, 1.165) is 17.3 Å². The number of hydrogen-bond acceptors (Lipinski definition) is 4. The Bertz CT molecular complexity index is 910. The van der Waals surface area contributed by atoms with Gasteiger partial charge in [0.2, 0.25) is 0 Å². The molecule has 1 atom stereocenters. The predicted octanol–water partition coefficient (Wildman–Crippen LogP) is 3.92. The summed E-state index contributed by atoms with van der Waals surface area (Å²) in [6.07, 6.45) is 3.23. The highest BCUT2D eigenvalue weighted by atomic mass is 79.9. The molecule has 28 heavy (non-hydrogen) atoms. The van der Waals surface area contributed by atoms with Gasteiger partial charge >= 0.3 is 5.97 Å². The van der Waals surface area contributed by atoms with E-state index in [1.807, 2.05) is 38.1 Å². The molecule has 3 rings (SSSR count). The van der Waals surface area contributed by atoms with Crippen LogP contribution in [-0.4, -0.2) is 40.3 Å². The molecule has 1 aliphatic heterocycles. The van der Waals surface area contributed by atoms with Crippen molar-refractivity contribution >= 4 is 39.2 Å². The van der Waals surface area contributed by atoms with E-state index < -0.39 is 18.6 Å². The Kier molecular flexibility index (Phi) is 6.24. The zero-order valence-corrected chi connectivity index (χ0v) is 17.4. The van der Waals surface area contributed by atoms with Crippen LogP contribution in [0.15, 0.2) is 52.1 Å². The number of pyridine rings is 1. The Hall–Kier alpha value is -2.54. The van der Waals surface area contributed by atoms with Gasteiger partial charge in [0.15, 0.2) is 0 Å². The van der Waals surface area contributed by atoms with Gasteiger partial charge in [-0.1, -0.05) is 48.7 Å². The summed E-state index contributed by atoms with van der Waals surface area (Å²) in [4.78, 5) is 35.5. The van der Waals surface area contributed by atoms with Gasteiger partial charge in [-0.05, 0) is 36.2 Å². The van der Waals surface area contributed by atoms with Crippen molar-refractivity contribution in [3.05, 3.63) is 58.3 Å². The smallest absolute Gasteiger partial charge is 0.323 e. The fraction of sp³-hybridized carbons (Fsp3) is 0.333. The lowest BCUT2D eigenvalue weighted by Gasteiger charge is -2.26. The van der Waals surface area contributed by atoms with E-state index >= 15 is 0 Å². The average Bonchev–Trinajstić information content (AvgIpc) is 2.79. The minimum atomic E-state index is -1.06. The second-order valence-corrected chi connectivity index (χ2v) is 7.61. The number of carboxylic acids is 1. The number of halogens is 1. The minimum Gasteiger partial charge on any atom is -0.480 e. The molecule has 0 saturated heterocycles. The molecule has 0 radical (unpaired) electrons. The molecular weight excluding hydrogens is 422 g/mol. The van der Waals surface area contributed by atoms with Crippen molar-refractivity contribution in [2.75, 3.05) is 11.4 Å². The van der Waals surface area contributed by atoms with E-state index in [1.54, 1.807) is 18.3 Å². The molecule has 1 aromatic carbocycles. The van der Waals surface area contributed by atoms with Gasteiger partial charge in [-0.2, -0.15) is 0 Å². The summed E-state index contributed by atoms with van der Waals surface area (Å²) in [6.45, 7) is 3.64. The Morgan fingerprint density at radius 1 is 1.25 bits per heavy atom. The van der Waals surface area contributed by atoms with Gasteiger partial charge in [-0.25, -0.2) is 0 Å². The average molecular weight is 444 g/mol. The highest BCUT2D eigenvalue weighted by Gasteiger charge is 2.36. The van der Waals surface area contributed by atoms with Crippen LogP contribution in [0, 0.1) is 5.92 Å². The van der Waals surface area contributed by atoms with Gasteiger partial charge in [0.25, 0.3) is 5.91 Å². The number of carbonyl (C=O) groups is 2. The van der Waals surface area contributed by atoms with E-state index in [-0.39, 0.29) is 11.8 Å². The number of aliphatic imine (C=N–C) groups is 1. The number of benzene rings is 1. The lowest BCUT2D eigenvalue weighted by molar-refractivity contribution is -0.137. The van der Waals surface area contributed by atoms with E-state index in [2.05, 4.69) is 20.9 Å². The first-order valence-electron chi connectivity index (χ1n) is 9.28. The summed E-state index contributed by atoms with van der Waals surface area (Å²) < 4.78 is 0.818. The summed E-state index contributed by atoms with van der Waals surface area (Å²) in [5, 5.41) is 9.42. The zero-order valence-electron chi connectivity index (χ0n) is 15.8. The Morgan fingerprint density at radius 2 is 2.00 bits per heavy atom. The summed E-state index contributed by atoms with van der Waals surface area (Å²) >= 11 is 3.48. The van der Waals surface area contributed by atoms with Crippen LogP contribution in [0.4, 0.5) is 5.69 Å². The first-order chi connectivity index (χ1) is 13.5. The molecule has 2 heterocycles. The monoisotopic (exact) mass is 443 g/mol. The lowest BCUT2D eigenvalue weighted by atomic mass is 9.93. The number of amides is 1. The third kappa shape index (κ3) is 3.99. The third-order valence-corrected chi connectivity index (χ3v) is 5.48. The molecule has 2 aromatic rings. The van der Waals surface area contributed by atoms with Crippen LogP contribution in [-0.2, 0) is 9.59 Å². The minimum absolute atomic E-state index is 0.0141. The normalized spacial score (nSPS) is 16.6. The topological polar surface area (TPSA) is 82.9 Å². The van der Waals surface area contributed by atoms with Crippen molar-refractivity contribution in [1.82, 2.24) is 4.98 Å². The lowest BCUT2D eigenvalue weighted by Crippen LogP contribution is -2.43. The Balaban J connectivity index is 2.28. The fourth-order valence-corrected chi connectivity index (χ4v) is 3.88. The third-order valence-electron chi connectivity index (χ3n) is 4.99. The molecule has 0 spiro atoms. The molecule has 0 fully saturated rings. The quantitative estimate of drug-likeness (QED) is 0.732. The Morgan fingerprint density at radius 3 is 2.61 bits per heavy atom. The molecule has 0 aliphatic carbocycles. The molecule has 1 amide bonds. The molecule has 1 aliphatic rings. The number of benzodiazepines with no additional fused rings is 1. The van der Waals surface area contributed by atoms with Crippen LogP contribution in [0.5, 0.6) is 0 Å². The van der Waals surface area contributed by atoms with Gasteiger partial charge in [-0.15, -0.1) is 0 Å². The Labute approximate surface area is 172 Å².